The molecular formula is C24H20FNO2. The monoisotopic (exact) mass is 373 g/mol. The molecule has 28 heavy (non-hydrogen) atoms. The maximum absolute atomic E-state index is 15.4. The molecule has 0 aliphatic rings. The van der Waals surface area contributed by atoms with E-state index in [0.29, 0.717) is 5.56 Å². The Hall–Kier alpha value is -3.45. The van der Waals surface area contributed by atoms with Crippen molar-refractivity contribution in [2.45, 2.75) is 25.6 Å². The number of hydrogen-bond acceptors (Lipinski definition) is 3. The molecule has 0 fully saturated rings. The minimum absolute atomic E-state index is 0.0396. The van der Waals surface area contributed by atoms with E-state index in [4.69, 9.17) is 4.74 Å². The number of alkyl halides is 1. The Balaban J connectivity index is 2.00. The summed E-state index contributed by atoms with van der Waals surface area (Å²) in [5.41, 5.74) is 0.326. The molecule has 0 aliphatic carbocycles. The summed E-state index contributed by atoms with van der Waals surface area (Å²) in [6, 6.07) is 24.2. The number of carbonyl (C=O) groups excluding carboxylic acids is 1. The molecule has 0 heterocycles. The molecule has 0 unspecified atom stereocenters. The summed E-state index contributed by atoms with van der Waals surface area (Å²) >= 11 is 0. The molecule has 0 saturated heterocycles. The van der Waals surface area contributed by atoms with Crippen LogP contribution in [0.15, 0.2) is 78.9 Å². The van der Waals surface area contributed by atoms with Gasteiger partial charge in [0.15, 0.2) is 6.10 Å². The number of esters is 1. The Kier molecular flexibility index (Phi) is 5.56. The second kappa shape index (κ2) is 8.06. The maximum atomic E-state index is 15.4. The Morgan fingerprint density at radius 3 is 2.18 bits per heavy atom. The van der Waals surface area contributed by atoms with Gasteiger partial charge < -0.3 is 4.74 Å². The highest BCUT2D eigenvalue weighted by atomic mass is 19.1. The quantitative estimate of drug-likeness (QED) is 0.568. The summed E-state index contributed by atoms with van der Waals surface area (Å²) in [5.74, 6) is -1.23. The normalized spacial score (nSPS) is 13.8. The molecule has 0 aliphatic heterocycles. The van der Waals surface area contributed by atoms with E-state index < -0.39 is 17.7 Å². The van der Waals surface area contributed by atoms with Crippen molar-refractivity contribution in [3.63, 3.8) is 0 Å². The average molecular weight is 373 g/mol. The number of rotatable bonds is 5. The number of aryl methyl sites for hydroxylation is 2. The van der Waals surface area contributed by atoms with E-state index in [1.54, 1.807) is 12.1 Å². The molecule has 4 heteroatoms. The molecule has 0 aromatic heterocycles. The zero-order valence-corrected chi connectivity index (χ0v) is 15.7. The first-order valence-corrected chi connectivity index (χ1v) is 8.94. The van der Waals surface area contributed by atoms with Gasteiger partial charge in [0.05, 0.1) is 0 Å². The fourth-order valence-electron chi connectivity index (χ4n) is 3.02. The predicted octanol–water partition coefficient (Wildman–Crippen LogP) is 5.32. The molecule has 0 N–H and O–H groups in total. The van der Waals surface area contributed by atoms with Crippen molar-refractivity contribution in [1.82, 2.24) is 0 Å². The van der Waals surface area contributed by atoms with Crippen molar-refractivity contribution >= 4 is 5.97 Å². The minimum Gasteiger partial charge on any atom is -0.449 e. The van der Waals surface area contributed by atoms with Crippen molar-refractivity contribution in [2.24, 2.45) is 0 Å². The SMILES string of the molecule is Cc1ccc([C@](F)(C#N)C(=O)O[C@@H](c2ccccc2)c2ccccc2C)cc1. The van der Waals surface area contributed by atoms with Gasteiger partial charge in [-0.3, -0.25) is 0 Å². The van der Waals surface area contributed by atoms with Crippen LogP contribution in [0.2, 0.25) is 0 Å². The lowest BCUT2D eigenvalue weighted by Gasteiger charge is -2.24. The van der Waals surface area contributed by atoms with E-state index in [-0.39, 0.29) is 5.56 Å². The van der Waals surface area contributed by atoms with Crippen molar-refractivity contribution in [2.75, 3.05) is 0 Å². The van der Waals surface area contributed by atoms with Gasteiger partial charge >= 0.3 is 11.6 Å². The third-order valence-electron chi connectivity index (χ3n) is 4.68. The molecule has 3 rings (SSSR count). The maximum Gasteiger partial charge on any atom is 0.364 e. The number of ether oxygens (including phenoxy) is 1. The lowest BCUT2D eigenvalue weighted by Crippen LogP contribution is -2.33. The first kappa shape index (κ1) is 19.3. The van der Waals surface area contributed by atoms with Crippen LogP contribution < -0.4 is 0 Å². The molecule has 0 spiro atoms. The smallest absolute Gasteiger partial charge is 0.364 e. The Labute approximate surface area is 164 Å². The summed E-state index contributed by atoms with van der Waals surface area (Å²) in [6.45, 7) is 3.74. The second-order valence-electron chi connectivity index (χ2n) is 6.69. The van der Waals surface area contributed by atoms with Crippen molar-refractivity contribution in [3.05, 3.63) is 107 Å². The molecular weight excluding hydrogens is 353 g/mol. The molecule has 0 saturated carbocycles. The first-order valence-electron chi connectivity index (χ1n) is 8.94. The van der Waals surface area contributed by atoms with E-state index in [0.717, 1.165) is 16.7 Å². The molecule has 0 bridgehead atoms. The van der Waals surface area contributed by atoms with E-state index in [1.165, 1.54) is 18.2 Å². The fraction of sp³-hybridized carbons (Fsp3) is 0.167. The molecule has 3 aromatic rings. The predicted molar refractivity (Wildman–Crippen MR) is 105 cm³/mol. The van der Waals surface area contributed by atoms with E-state index >= 15 is 4.39 Å². The van der Waals surface area contributed by atoms with Crippen molar-refractivity contribution in [3.8, 4) is 6.07 Å². The number of nitriles is 1. The van der Waals surface area contributed by atoms with Crippen LogP contribution >= 0.6 is 0 Å². The molecule has 3 aromatic carbocycles. The van der Waals surface area contributed by atoms with Crippen LogP contribution in [0.25, 0.3) is 0 Å². The minimum atomic E-state index is -2.89. The number of carbonyl (C=O) groups is 1. The first-order chi connectivity index (χ1) is 13.5. The van der Waals surface area contributed by atoms with Gasteiger partial charge in [0, 0.05) is 5.56 Å². The summed E-state index contributed by atoms with van der Waals surface area (Å²) in [6.07, 6.45) is -0.816. The lowest BCUT2D eigenvalue weighted by atomic mass is 9.95. The fourth-order valence-corrected chi connectivity index (χ4v) is 3.02. The van der Waals surface area contributed by atoms with Gasteiger partial charge in [0.2, 0.25) is 0 Å². The van der Waals surface area contributed by atoms with Crippen LogP contribution in [-0.4, -0.2) is 5.97 Å². The molecule has 0 amide bonds. The van der Waals surface area contributed by atoms with Crippen LogP contribution in [-0.2, 0) is 15.2 Å². The number of halogens is 1. The van der Waals surface area contributed by atoms with Gasteiger partial charge in [0.1, 0.15) is 6.07 Å². The van der Waals surface area contributed by atoms with Gasteiger partial charge in [-0.15, -0.1) is 0 Å². The summed E-state index contributed by atoms with van der Waals surface area (Å²) in [4.78, 5) is 12.8. The summed E-state index contributed by atoms with van der Waals surface area (Å²) in [7, 11) is 0. The Bertz CT molecular complexity index is 1010. The summed E-state index contributed by atoms with van der Waals surface area (Å²) in [5, 5.41) is 9.46. The van der Waals surface area contributed by atoms with Crippen LogP contribution in [0, 0.1) is 25.2 Å². The third-order valence-corrected chi connectivity index (χ3v) is 4.68. The lowest BCUT2D eigenvalue weighted by molar-refractivity contribution is -0.158. The standard InChI is InChI=1S/C24H20FNO2/c1-17-12-14-20(15-13-17)24(25,16-26)23(27)28-22(19-9-4-3-5-10-19)21-11-7-6-8-18(21)2/h3-15,22H,1-2H3/t22-,24+/m0/s1. The van der Waals surface area contributed by atoms with Crippen LogP contribution in [0.3, 0.4) is 0 Å². The average Bonchev–Trinajstić information content (AvgIpc) is 2.73. The van der Waals surface area contributed by atoms with E-state index in [1.807, 2.05) is 68.4 Å². The largest absolute Gasteiger partial charge is 0.449 e. The summed E-state index contributed by atoms with van der Waals surface area (Å²) < 4.78 is 21.0. The number of nitrogens with zero attached hydrogens (tertiary/aromatic N) is 1. The van der Waals surface area contributed by atoms with Crippen LogP contribution in [0.1, 0.15) is 33.9 Å². The van der Waals surface area contributed by atoms with Crippen LogP contribution in [0.4, 0.5) is 4.39 Å². The highest BCUT2D eigenvalue weighted by Gasteiger charge is 2.44. The highest BCUT2D eigenvalue weighted by Crippen LogP contribution is 2.34. The van der Waals surface area contributed by atoms with Crippen molar-refractivity contribution in [1.29, 1.82) is 5.26 Å². The van der Waals surface area contributed by atoms with Gasteiger partial charge in [-0.25, -0.2) is 9.18 Å². The number of hydrogen-bond donors (Lipinski definition) is 0. The zero-order valence-electron chi connectivity index (χ0n) is 15.7. The van der Waals surface area contributed by atoms with E-state index in [9.17, 15) is 10.1 Å². The van der Waals surface area contributed by atoms with Crippen LogP contribution in [0.5, 0.6) is 0 Å². The van der Waals surface area contributed by atoms with Crippen molar-refractivity contribution < 1.29 is 13.9 Å². The van der Waals surface area contributed by atoms with E-state index in [2.05, 4.69) is 0 Å². The van der Waals surface area contributed by atoms with Gasteiger partial charge in [0.25, 0.3) is 0 Å². The second-order valence-corrected chi connectivity index (χ2v) is 6.69. The Morgan fingerprint density at radius 1 is 0.964 bits per heavy atom. The highest BCUT2D eigenvalue weighted by molar-refractivity contribution is 5.85. The number of benzene rings is 3. The molecule has 0 radical (unpaired) electrons. The molecule has 140 valence electrons. The topological polar surface area (TPSA) is 50.1 Å². The Morgan fingerprint density at radius 2 is 1.57 bits per heavy atom. The third kappa shape index (κ3) is 3.79. The van der Waals surface area contributed by atoms with Gasteiger partial charge in [-0.2, -0.15) is 5.26 Å². The van der Waals surface area contributed by atoms with Gasteiger partial charge in [-0.05, 0) is 30.5 Å². The molecule has 3 nitrogen and oxygen atoms in total. The zero-order chi connectivity index (χ0) is 20.1. The molecule has 2 atom stereocenters. The van der Waals surface area contributed by atoms with Gasteiger partial charge in [-0.1, -0.05) is 84.4 Å².